The number of hydrogen-bond acceptors (Lipinski definition) is 2. The molecule has 96 valence electrons. The molecule has 0 aromatic carbocycles. The fourth-order valence-corrected chi connectivity index (χ4v) is 1.89. The monoisotopic (exact) mass is 239 g/mol. The maximum absolute atomic E-state index is 11.7. The van der Waals surface area contributed by atoms with Gasteiger partial charge in [-0.1, -0.05) is 18.9 Å². The van der Waals surface area contributed by atoms with E-state index in [4.69, 9.17) is 5.11 Å². The molecular formula is C13H21NO3. The van der Waals surface area contributed by atoms with Gasteiger partial charge in [-0.3, -0.25) is 9.59 Å². The highest BCUT2D eigenvalue weighted by molar-refractivity contribution is 5.88. The molecule has 1 saturated carbocycles. The van der Waals surface area contributed by atoms with Gasteiger partial charge in [0, 0.05) is 12.1 Å². The Kier molecular flexibility index (Phi) is 5.19. The highest BCUT2D eigenvalue weighted by atomic mass is 16.4. The summed E-state index contributed by atoms with van der Waals surface area (Å²) in [6, 6.07) is -0.256. The first-order valence-electron chi connectivity index (χ1n) is 6.23. The number of carbonyl (C=O) groups is 2. The van der Waals surface area contributed by atoms with Crippen LogP contribution < -0.4 is 5.32 Å². The second-order valence-electron chi connectivity index (χ2n) is 4.75. The van der Waals surface area contributed by atoms with E-state index in [0.717, 1.165) is 12.0 Å². The summed E-state index contributed by atoms with van der Waals surface area (Å²) in [7, 11) is 0. The van der Waals surface area contributed by atoms with E-state index in [9.17, 15) is 9.59 Å². The molecule has 0 spiro atoms. The normalized spacial score (nSPS) is 17.6. The van der Waals surface area contributed by atoms with Gasteiger partial charge in [0.2, 0.25) is 5.91 Å². The Morgan fingerprint density at radius 3 is 2.59 bits per heavy atom. The van der Waals surface area contributed by atoms with Crippen LogP contribution in [0.25, 0.3) is 0 Å². The number of carboxylic acids is 1. The average Bonchev–Trinajstić information content (AvgIpc) is 2.99. The van der Waals surface area contributed by atoms with Gasteiger partial charge in [-0.2, -0.15) is 0 Å². The third kappa shape index (κ3) is 5.52. The fourth-order valence-electron chi connectivity index (χ4n) is 1.89. The second kappa shape index (κ2) is 6.42. The Hall–Kier alpha value is -1.32. The van der Waals surface area contributed by atoms with E-state index >= 15 is 0 Å². The molecule has 0 unspecified atom stereocenters. The molecule has 1 amide bonds. The number of rotatable bonds is 7. The van der Waals surface area contributed by atoms with Crippen molar-refractivity contribution in [3.8, 4) is 0 Å². The van der Waals surface area contributed by atoms with Crippen LogP contribution >= 0.6 is 0 Å². The Morgan fingerprint density at radius 1 is 1.47 bits per heavy atom. The van der Waals surface area contributed by atoms with Crippen LogP contribution in [0.1, 0.15) is 46.0 Å². The predicted octanol–water partition coefficient (Wildman–Crippen LogP) is 2.10. The van der Waals surface area contributed by atoms with E-state index in [2.05, 4.69) is 5.32 Å². The lowest BCUT2D eigenvalue weighted by molar-refractivity contribution is -0.137. The van der Waals surface area contributed by atoms with E-state index < -0.39 is 5.97 Å². The van der Waals surface area contributed by atoms with Crippen molar-refractivity contribution in [1.82, 2.24) is 5.32 Å². The first kappa shape index (κ1) is 13.7. The van der Waals surface area contributed by atoms with Crippen LogP contribution in [0.5, 0.6) is 0 Å². The predicted molar refractivity (Wildman–Crippen MR) is 65.6 cm³/mol. The van der Waals surface area contributed by atoms with Crippen molar-refractivity contribution in [2.75, 3.05) is 0 Å². The van der Waals surface area contributed by atoms with Crippen LogP contribution in [-0.2, 0) is 9.59 Å². The van der Waals surface area contributed by atoms with Gasteiger partial charge < -0.3 is 10.4 Å². The summed E-state index contributed by atoms with van der Waals surface area (Å²) in [6.45, 7) is 3.94. The molecule has 2 N–H and O–H groups in total. The van der Waals surface area contributed by atoms with E-state index in [-0.39, 0.29) is 18.4 Å². The topological polar surface area (TPSA) is 66.4 Å². The third-order valence-corrected chi connectivity index (χ3v) is 2.98. The quantitative estimate of drug-likeness (QED) is 0.669. The highest BCUT2D eigenvalue weighted by Crippen LogP contribution is 2.35. The minimum Gasteiger partial charge on any atom is -0.481 e. The first-order valence-corrected chi connectivity index (χ1v) is 6.23. The molecule has 1 rings (SSSR count). The molecule has 1 aliphatic carbocycles. The van der Waals surface area contributed by atoms with Gasteiger partial charge in [0.1, 0.15) is 0 Å². The van der Waals surface area contributed by atoms with Crippen molar-refractivity contribution in [1.29, 1.82) is 0 Å². The van der Waals surface area contributed by atoms with Gasteiger partial charge >= 0.3 is 5.97 Å². The van der Waals surface area contributed by atoms with Crippen LogP contribution in [0.3, 0.4) is 0 Å². The standard InChI is InChI=1S/C13H21NO3/c1-3-4-11(8-13(16)17)14-12(15)7-9(2)10-5-6-10/h7,10-11H,3-6,8H2,1-2H3,(H,14,15)(H,16,17)/b9-7+/t11-/m0/s1. The second-order valence-corrected chi connectivity index (χ2v) is 4.75. The van der Waals surface area contributed by atoms with Gasteiger partial charge in [0.05, 0.1) is 6.42 Å². The van der Waals surface area contributed by atoms with Gasteiger partial charge in [-0.25, -0.2) is 0 Å². The third-order valence-electron chi connectivity index (χ3n) is 2.98. The average molecular weight is 239 g/mol. The van der Waals surface area contributed by atoms with Crippen molar-refractivity contribution >= 4 is 11.9 Å². The number of amides is 1. The summed E-state index contributed by atoms with van der Waals surface area (Å²) in [5, 5.41) is 11.5. The van der Waals surface area contributed by atoms with Crippen LogP contribution in [0.2, 0.25) is 0 Å². The van der Waals surface area contributed by atoms with Crippen molar-refractivity contribution < 1.29 is 14.7 Å². The van der Waals surface area contributed by atoms with Gasteiger partial charge in [-0.05, 0) is 32.1 Å². The minimum atomic E-state index is -0.869. The number of carbonyl (C=O) groups excluding carboxylic acids is 1. The molecule has 1 atom stereocenters. The van der Waals surface area contributed by atoms with Crippen molar-refractivity contribution in [2.24, 2.45) is 5.92 Å². The highest BCUT2D eigenvalue weighted by Gasteiger charge is 2.23. The Morgan fingerprint density at radius 2 is 2.12 bits per heavy atom. The molecule has 0 bridgehead atoms. The molecule has 0 aliphatic heterocycles. The smallest absolute Gasteiger partial charge is 0.305 e. The summed E-state index contributed by atoms with van der Waals surface area (Å²) < 4.78 is 0. The van der Waals surface area contributed by atoms with Crippen LogP contribution in [-0.4, -0.2) is 23.0 Å². The van der Waals surface area contributed by atoms with E-state index in [0.29, 0.717) is 12.3 Å². The van der Waals surface area contributed by atoms with Crippen molar-refractivity contribution in [2.45, 2.75) is 52.0 Å². The van der Waals surface area contributed by atoms with Gasteiger partial charge in [0.25, 0.3) is 0 Å². The SMILES string of the molecule is CCC[C@@H](CC(=O)O)NC(=O)/C=C(\C)C1CC1. The molecule has 1 aliphatic rings. The fraction of sp³-hybridized carbons (Fsp3) is 0.692. The van der Waals surface area contributed by atoms with Crippen molar-refractivity contribution in [3.63, 3.8) is 0 Å². The number of allylic oxidation sites excluding steroid dienone is 1. The zero-order valence-corrected chi connectivity index (χ0v) is 10.5. The lowest BCUT2D eigenvalue weighted by Gasteiger charge is -2.14. The van der Waals surface area contributed by atoms with Crippen LogP contribution in [0.15, 0.2) is 11.6 Å². The molecule has 0 saturated heterocycles. The molecule has 0 radical (unpaired) electrons. The zero-order valence-electron chi connectivity index (χ0n) is 10.5. The largest absolute Gasteiger partial charge is 0.481 e. The number of nitrogens with one attached hydrogen (secondary N) is 1. The number of carboxylic acid groups (broad SMARTS) is 1. The van der Waals surface area contributed by atoms with E-state index in [1.807, 2.05) is 13.8 Å². The lowest BCUT2D eigenvalue weighted by atomic mass is 10.1. The summed E-state index contributed by atoms with van der Waals surface area (Å²) in [6.07, 6.45) is 5.52. The Bertz CT molecular complexity index is 319. The minimum absolute atomic E-state index is 0.00407. The molecule has 0 heterocycles. The molecule has 4 nitrogen and oxygen atoms in total. The van der Waals surface area contributed by atoms with E-state index in [1.165, 1.54) is 12.8 Å². The molecule has 0 aromatic heterocycles. The maximum atomic E-state index is 11.7. The molecule has 17 heavy (non-hydrogen) atoms. The maximum Gasteiger partial charge on any atom is 0.305 e. The number of hydrogen-bond donors (Lipinski definition) is 2. The van der Waals surface area contributed by atoms with Crippen molar-refractivity contribution in [3.05, 3.63) is 11.6 Å². The van der Waals surface area contributed by atoms with Gasteiger partial charge in [-0.15, -0.1) is 0 Å². The Labute approximate surface area is 102 Å². The molecular weight excluding hydrogens is 218 g/mol. The van der Waals surface area contributed by atoms with Crippen LogP contribution in [0.4, 0.5) is 0 Å². The van der Waals surface area contributed by atoms with Gasteiger partial charge in [0.15, 0.2) is 0 Å². The molecule has 0 aromatic rings. The van der Waals surface area contributed by atoms with Crippen LogP contribution in [0, 0.1) is 5.92 Å². The lowest BCUT2D eigenvalue weighted by Crippen LogP contribution is -2.35. The summed E-state index contributed by atoms with van der Waals surface area (Å²) in [5.41, 5.74) is 1.10. The number of aliphatic carboxylic acids is 1. The molecule has 1 fully saturated rings. The summed E-state index contributed by atoms with van der Waals surface area (Å²) in [4.78, 5) is 22.3. The van der Waals surface area contributed by atoms with E-state index in [1.54, 1.807) is 6.08 Å². The molecule has 4 heteroatoms. The zero-order chi connectivity index (χ0) is 12.8. The summed E-state index contributed by atoms with van der Waals surface area (Å²) in [5.74, 6) is -0.453. The first-order chi connectivity index (χ1) is 8.02. The summed E-state index contributed by atoms with van der Waals surface area (Å²) >= 11 is 0. The Balaban J connectivity index is 2.44.